The second kappa shape index (κ2) is 11.4. The summed E-state index contributed by atoms with van der Waals surface area (Å²) in [5, 5.41) is 8.19. The van der Waals surface area contributed by atoms with E-state index in [2.05, 4.69) is 25.4 Å². The molecule has 1 atom stereocenters. The van der Waals surface area contributed by atoms with Crippen molar-refractivity contribution < 1.29 is 24.2 Å². The fourth-order valence-electron chi connectivity index (χ4n) is 0.420. The minimum Gasteiger partial charge on any atom is -0.480 e. The van der Waals surface area contributed by atoms with Gasteiger partial charge in [-0.3, -0.25) is 9.59 Å². The molecule has 0 aliphatic rings. The number of ether oxygens (including phenoxy) is 2. The summed E-state index contributed by atoms with van der Waals surface area (Å²) in [5.41, 5.74) is 4.76. The van der Waals surface area contributed by atoms with Gasteiger partial charge in [0.05, 0.1) is 13.2 Å². The largest absolute Gasteiger partial charge is 0.480 e. The summed E-state index contributed by atoms with van der Waals surface area (Å²) in [6.07, 6.45) is 0.316. The topological polar surface area (TPSA) is 98.8 Å². The van der Waals surface area contributed by atoms with Gasteiger partial charge in [0, 0.05) is 20.6 Å². The van der Waals surface area contributed by atoms with Crippen molar-refractivity contribution in [2.75, 3.05) is 27.4 Å². The Morgan fingerprint density at radius 2 is 1.93 bits per heavy atom. The average molecular weight is 286 g/mol. The Bertz CT molecular complexity index is 188. The van der Waals surface area contributed by atoms with Crippen LogP contribution in [0.5, 0.6) is 0 Å². The maximum absolute atomic E-state index is 9.96. The van der Waals surface area contributed by atoms with Crippen LogP contribution in [0.4, 0.5) is 0 Å². The van der Waals surface area contributed by atoms with Gasteiger partial charge in [-0.1, -0.05) is 15.9 Å². The van der Waals surface area contributed by atoms with Crippen LogP contribution >= 0.6 is 15.9 Å². The lowest BCUT2D eigenvalue weighted by atomic mass is 10.4. The molecular weight excluding hydrogens is 270 g/mol. The Kier molecular flexibility index (Phi) is 12.8. The van der Waals surface area contributed by atoms with E-state index in [4.69, 9.17) is 10.8 Å². The van der Waals surface area contributed by atoms with Gasteiger partial charge in [-0.05, 0) is 0 Å². The quantitative estimate of drug-likeness (QED) is 0.669. The van der Waals surface area contributed by atoms with Crippen molar-refractivity contribution in [3.8, 4) is 0 Å². The lowest BCUT2D eigenvalue weighted by Gasteiger charge is -1.99. The van der Waals surface area contributed by atoms with Crippen LogP contribution in [0.15, 0.2) is 0 Å². The van der Waals surface area contributed by atoms with Crippen LogP contribution < -0.4 is 5.73 Å². The van der Waals surface area contributed by atoms with E-state index < -0.39 is 10.8 Å². The molecule has 0 fully saturated rings. The molecule has 0 aromatic rings. The molecule has 0 aromatic carbocycles. The van der Waals surface area contributed by atoms with Crippen molar-refractivity contribution in [1.29, 1.82) is 0 Å². The Morgan fingerprint density at radius 1 is 1.40 bits per heavy atom. The van der Waals surface area contributed by atoms with Crippen LogP contribution in [0.3, 0.4) is 0 Å². The standard InChI is InChI=1S/C4H7BrO3.C4H9NO2/c1-8-2-3(5)4(6)7;1-7-3-2-4(5)6/h3H,2H2,1H3,(H,6,7);2-3H2,1H3,(H2,5,6). The number of primary amides is 1. The molecule has 1 amide bonds. The Hall–Kier alpha value is -0.660. The first-order chi connectivity index (χ1) is 6.95. The number of carbonyl (C=O) groups excluding carboxylic acids is 1. The van der Waals surface area contributed by atoms with Crippen LogP contribution in [0.1, 0.15) is 6.42 Å². The Labute approximate surface area is 96.9 Å². The van der Waals surface area contributed by atoms with E-state index in [1.54, 1.807) is 0 Å². The number of carbonyl (C=O) groups is 2. The first-order valence-electron chi connectivity index (χ1n) is 4.08. The van der Waals surface area contributed by atoms with Gasteiger partial charge < -0.3 is 20.3 Å². The van der Waals surface area contributed by atoms with Crippen molar-refractivity contribution in [1.82, 2.24) is 0 Å². The van der Waals surface area contributed by atoms with E-state index in [0.717, 1.165) is 0 Å². The van der Waals surface area contributed by atoms with Gasteiger partial charge in [0.25, 0.3) is 0 Å². The molecule has 0 saturated heterocycles. The number of alkyl halides is 1. The van der Waals surface area contributed by atoms with E-state index >= 15 is 0 Å². The zero-order valence-corrected chi connectivity index (χ0v) is 10.3. The summed E-state index contributed by atoms with van der Waals surface area (Å²) in [7, 11) is 2.99. The predicted octanol–water partition coefficient (Wildman–Crippen LogP) is -0.0109. The first kappa shape index (κ1) is 16.8. The van der Waals surface area contributed by atoms with E-state index in [0.29, 0.717) is 13.0 Å². The number of aliphatic carboxylic acids is 1. The Balaban J connectivity index is 0. The number of nitrogens with two attached hydrogens (primary N) is 1. The fourth-order valence-corrected chi connectivity index (χ4v) is 0.685. The van der Waals surface area contributed by atoms with Crippen molar-refractivity contribution in [2.24, 2.45) is 5.73 Å². The van der Waals surface area contributed by atoms with Crippen LogP contribution in [0, 0.1) is 0 Å². The number of hydrogen-bond donors (Lipinski definition) is 2. The molecule has 0 aliphatic heterocycles. The number of amides is 1. The monoisotopic (exact) mass is 285 g/mol. The molecular formula is C8H16BrNO5. The number of methoxy groups -OCH3 is 2. The second-order valence-electron chi connectivity index (χ2n) is 2.47. The van der Waals surface area contributed by atoms with Gasteiger partial charge in [0.15, 0.2) is 0 Å². The third-order valence-electron chi connectivity index (χ3n) is 1.13. The van der Waals surface area contributed by atoms with Gasteiger partial charge in [-0.2, -0.15) is 0 Å². The average Bonchev–Trinajstić information content (AvgIpc) is 2.16. The number of carboxylic acid groups (broad SMARTS) is 1. The van der Waals surface area contributed by atoms with Crippen molar-refractivity contribution >= 4 is 27.8 Å². The molecule has 0 heterocycles. The van der Waals surface area contributed by atoms with Crippen molar-refractivity contribution in [3.63, 3.8) is 0 Å². The number of halogens is 1. The summed E-state index contributed by atoms with van der Waals surface area (Å²) < 4.78 is 9.09. The third kappa shape index (κ3) is 16.0. The number of rotatable bonds is 6. The zero-order chi connectivity index (χ0) is 12.3. The van der Waals surface area contributed by atoms with Gasteiger partial charge in [0.1, 0.15) is 4.83 Å². The molecule has 0 bridgehead atoms. The molecule has 7 heteroatoms. The predicted molar refractivity (Wildman–Crippen MR) is 57.9 cm³/mol. The summed E-state index contributed by atoms with van der Waals surface area (Å²) in [4.78, 5) is 19.3. The van der Waals surface area contributed by atoms with Gasteiger partial charge in [-0.15, -0.1) is 0 Å². The molecule has 0 rings (SSSR count). The molecule has 0 aromatic heterocycles. The maximum Gasteiger partial charge on any atom is 0.319 e. The number of hydrogen-bond acceptors (Lipinski definition) is 4. The molecule has 0 aliphatic carbocycles. The molecule has 6 nitrogen and oxygen atoms in total. The van der Waals surface area contributed by atoms with E-state index in [9.17, 15) is 9.59 Å². The van der Waals surface area contributed by atoms with E-state index in [1.165, 1.54) is 14.2 Å². The summed E-state index contributed by atoms with van der Waals surface area (Å²) >= 11 is 2.88. The van der Waals surface area contributed by atoms with Gasteiger partial charge >= 0.3 is 5.97 Å². The third-order valence-corrected chi connectivity index (χ3v) is 1.79. The smallest absolute Gasteiger partial charge is 0.319 e. The molecule has 0 saturated carbocycles. The van der Waals surface area contributed by atoms with E-state index in [1.807, 2.05) is 0 Å². The van der Waals surface area contributed by atoms with Crippen molar-refractivity contribution in [2.45, 2.75) is 11.2 Å². The fraction of sp³-hybridized carbons (Fsp3) is 0.750. The lowest BCUT2D eigenvalue weighted by Crippen LogP contribution is -2.17. The van der Waals surface area contributed by atoms with Gasteiger partial charge in [-0.25, -0.2) is 0 Å². The lowest BCUT2D eigenvalue weighted by molar-refractivity contribution is -0.137. The first-order valence-corrected chi connectivity index (χ1v) is 5.00. The van der Waals surface area contributed by atoms with E-state index in [-0.39, 0.29) is 12.5 Å². The molecule has 1 unspecified atom stereocenters. The zero-order valence-electron chi connectivity index (χ0n) is 8.73. The second-order valence-corrected chi connectivity index (χ2v) is 3.58. The van der Waals surface area contributed by atoms with Gasteiger partial charge in [0.2, 0.25) is 5.91 Å². The molecule has 3 N–H and O–H groups in total. The minimum absolute atomic E-state index is 0.204. The van der Waals surface area contributed by atoms with Crippen LogP contribution in [0.2, 0.25) is 0 Å². The summed E-state index contributed by atoms with van der Waals surface area (Å²) in [6.45, 7) is 0.630. The minimum atomic E-state index is -0.896. The molecule has 0 radical (unpaired) electrons. The Morgan fingerprint density at radius 3 is 2.07 bits per heavy atom. The highest BCUT2D eigenvalue weighted by atomic mass is 79.9. The summed E-state index contributed by atoms with van der Waals surface area (Å²) in [6, 6.07) is 0. The highest BCUT2D eigenvalue weighted by Crippen LogP contribution is 1.97. The summed E-state index contributed by atoms with van der Waals surface area (Å²) in [5.74, 6) is -1.21. The highest BCUT2D eigenvalue weighted by molar-refractivity contribution is 9.10. The number of carboxylic acids is 1. The molecule has 15 heavy (non-hydrogen) atoms. The van der Waals surface area contributed by atoms with Crippen LogP contribution in [0.25, 0.3) is 0 Å². The molecule has 90 valence electrons. The van der Waals surface area contributed by atoms with Crippen molar-refractivity contribution in [3.05, 3.63) is 0 Å². The molecule has 0 spiro atoms. The SMILES string of the molecule is COCC(Br)C(=O)O.COCCC(N)=O. The highest BCUT2D eigenvalue weighted by Gasteiger charge is 2.10. The normalized spacial score (nSPS) is 11.1. The van der Waals surface area contributed by atoms with Crippen LogP contribution in [-0.4, -0.2) is 49.2 Å². The maximum atomic E-state index is 9.96. The van der Waals surface area contributed by atoms with Crippen LogP contribution in [-0.2, 0) is 19.1 Å².